The molecule has 1 heterocycles. The van der Waals surface area contributed by atoms with Gasteiger partial charge in [-0.05, 0) is 66.9 Å². The van der Waals surface area contributed by atoms with Gasteiger partial charge < -0.3 is 14.8 Å². The number of para-hydroxylation sites is 1. The second-order valence-electron chi connectivity index (χ2n) is 8.80. The van der Waals surface area contributed by atoms with Crippen molar-refractivity contribution in [1.29, 1.82) is 0 Å². The fraction of sp³-hybridized carbons (Fsp3) is 0.267. The van der Waals surface area contributed by atoms with Crippen molar-refractivity contribution in [2.75, 3.05) is 25.2 Å². The summed E-state index contributed by atoms with van der Waals surface area (Å²) in [5.41, 5.74) is 2.59. The maximum absolute atomic E-state index is 13.5. The highest BCUT2D eigenvalue weighted by Crippen LogP contribution is 2.42. The molecule has 0 aromatic heterocycles. The van der Waals surface area contributed by atoms with Crippen molar-refractivity contribution in [3.8, 4) is 11.5 Å². The minimum Gasteiger partial charge on any atom is -0.497 e. The number of thioether (sulfide) groups is 1. The van der Waals surface area contributed by atoms with Gasteiger partial charge in [0.2, 0.25) is 5.91 Å². The third-order valence-corrected chi connectivity index (χ3v) is 7.15. The molecule has 1 aliphatic rings. The molecule has 1 unspecified atom stereocenters. The molecule has 1 aliphatic heterocycles. The molecule has 0 spiro atoms. The number of ether oxygens (including phenoxy) is 2. The Hall–Kier alpha value is -3.71. The summed E-state index contributed by atoms with van der Waals surface area (Å²) in [6, 6.07) is 22.7. The molecule has 0 saturated carbocycles. The number of nitrogens with zero attached hydrogens (tertiary/aromatic N) is 1. The molecule has 4 rings (SSSR count). The average Bonchev–Trinajstić information content (AvgIpc) is 2.92. The van der Waals surface area contributed by atoms with E-state index in [1.807, 2.05) is 85.8 Å². The smallest absolute Gasteiger partial charge is 0.265 e. The van der Waals surface area contributed by atoms with Crippen LogP contribution in [0.4, 0.5) is 5.69 Å². The summed E-state index contributed by atoms with van der Waals surface area (Å²) in [6.07, 6.45) is 3.95. The van der Waals surface area contributed by atoms with E-state index in [2.05, 4.69) is 12.2 Å². The van der Waals surface area contributed by atoms with Gasteiger partial charge in [-0.2, -0.15) is 0 Å². The molecule has 192 valence electrons. The van der Waals surface area contributed by atoms with Gasteiger partial charge >= 0.3 is 0 Å². The van der Waals surface area contributed by atoms with Gasteiger partial charge in [0.25, 0.3) is 5.91 Å². The lowest BCUT2D eigenvalue weighted by Gasteiger charge is -2.30. The zero-order chi connectivity index (χ0) is 26.2. The van der Waals surface area contributed by atoms with E-state index in [0.717, 1.165) is 46.1 Å². The molecule has 3 aromatic carbocycles. The number of hydrogen-bond acceptors (Lipinski definition) is 5. The molecule has 0 aliphatic carbocycles. The standard InChI is InChI=1S/C30H32N2O4S/c1-4-5-18-36-25-16-12-23(13-17-25)21(2)31-29(33)20-32-26-8-6-7-9-27(26)37-28(30(32)34)19-22-10-14-24(35-3)15-11-22/h6-17,19,21H,4-5,18,20H2,1-3H3,(H,31,33)/b28-19-. The predicted molar refractivity (Wildman–Crippen MR) is 149 cm³/mol. The van der Waals surface area contributed by atoms with Crippen LogP contribution in [0.1, 0.15) is 43.9 Å². The van der Waals surface area contributed by atoms with E-state index in [1.54, 1.807) is 12.0 Å². The second kappa shape index (κ2) is 12.5. The van der Waals surface area contributed by atoms with Crippen LogP contribution in [0.2, 0.25) is 0 Å². The monoisotopic (exact) mass is 516 g/mol. The Labute approximate surface area is 222 Å². The van der Waals surface area contributed by atoms with E-state index in [9.17, 15) is 9.59 Å². The third-order valence-electron chi connectivity index (χ3n) is 6.07. The van der Waals surface area contributed by atoms with Crippen molar-refractivity contribution in [1.82, 2.24) is 5.32 Å². The molecule has 0 fully saturated rings. The number of methoxy groups -OCH3 is 1. The number of unbranched alkanes of at least 4 members (excludes halogenated alkanes) is 1. The zero-order valence-corrected chi connectivity index (χ0v) is 22.2. The lowest BCUT2D eigenvalue weighted by molar-refractivity contribution is -0.122. The summed E-state index contributed by atoms with van der Waals surface area (Å²) in [6.45, 7) is 4.69. The fourth-order valence-corrected chi connectivity index (χ4v) is 5.03. The lowest BCUT2D eigenvalue weighted by atomic mass is 10.1. The molecule has 1 N–H and O–H groups in total. The largest absolute Gasteiger partial charge is 0.497 e. The van der Waals surface area contributed by atoms with Gasteiger partial charge in [-0.25, -0.2) is 0 Å². The summed E-state index contributed by atoms with van der Waals surface area (Å²) in [7, 11) is 1.62. The quantitative estimate of drug-likeness (QED) is 0.256. The Kier molecular flexibility index (Phi) is 8.90. The number of nitrogens with one attached hydrogen (secondary N) is 1. The third kappa shape index (κ3) is 6.74. The van der Waals surface area contributed by atoms with E-state index < -0.39 is 0 Å². The van der Waals surface area contributed by atoms with E-state index in [4.69, 9.17) is 9.47 Å². The Bertz CT molecular complexity index is 1260. The fourth-order valence-electron chi connectivity index (χ4n) is 3.97. The van der Waals surface area contributed by atoms with Gasteiger partial charge in [0.1, 0.15) is 18.0 Å². The first-order valence-electron chi connectivity index (χ1n) is 12.4. The SMILES string of the molecule is CCCCOc1ccc(C(C)NC(=O)CN2C(=O)/C(=C/c3ccc(OC)cc3)Sc3ccccc32)cc1. The lowest BCUT2D eigenvalue weighted by Crippen LogP contribution is -2.43. The summed E-state index contributed by atoms with van der Waals surface area (Å²) in [5.74, 6) is 1.15. The van der Waals surface area contributed by atoms with Crippen LogP contribution in [0.5, 0.6) is 11.5 Å². The number of carbonyl (C=O) groups excluding carboxylic acids is 2. The van der Waals surface area contributed by atoms with Crippen molar-refractivity contribution in [3.05, 3.63) is 88.8 Å². The van der Waals surface area contributed by atoms with E-state index >= 15 is 0 Å². The van der Waals surface area contributed by atoms with Gasteiger partial charge in [-0.3, -0.25) is 14.5 Å². The van der Waals surface area contributed by atoms with Gasteiger partial charge in [-0.1, -0.05) is 61.5 Å². The Morgan fingerprint density at radius 2 is 1.73 bits per heavy atom. The van der Waals surface area contributed by atoms with E-state index in [0.29, 0.717) is 11.5 Å². The summed E-state index contributed by atoms with van der Waals surface area (Å²) >= 11 is 1.41. The normalized spacial score (nSPS) is 14.7. The van der Waals surface area contributed by atoms with Crippen LogP contribution < -0.4 is 19.7 Å². The molecule has 6 nitrogen and oxygen atoms in total. The number of amides is 2. The van der Waals surface area contributed by atoms with Crippen molar-refractivity contribution in [3.63, 3.8) is 0 Å². The molecule has 0 saturated heterocycles. The maximum Gasteiger partial charge on any atom is 0.265 e. The van der Waals surface area contributed by atoms with Crippen LogP contribution in [-0.2, 0) is 9.59 Å². The Balaban J connectivity index is 1.46. The zero-order valence-electron chi connectivity index (χ0n) is 21.4. The molecule has 3 aromatic rings. The minimum atomic E-state index is -0.227. The van der Waals surface area contributed by atoms with Gasteiger partial charge in [0.15, 0.2) is 0 Å². The van der Waals surface area contributed by atoms with E-state index in [1.165, 1.54) is 11.8 Å². The molecule has 0 radical (unpaired) electrons. The summed E-state index contributed by atoms with van der Waals surface area (Å²) in [4.78, 5) is 29.6. The van der Waals surface area contributed by atoms with Crippen molar-refractivity contribution in [2.45, 2.75) is 37.6 Å². The van der Waals surface area contributed by atoms with Crippen molar-refractivity contribution >= 4 is 35.3 Å². The highest BCUT2D eigenvalue weighted by Gasteiger charge is 2.30. The number of fused-ring (bicyclic) bond motifs is 1. The van der Waals surface area contributed by atoms with Crippen LogP contribution in [0.15, 0.2) is 82.6 Å². The molecule has 7 heteroatoms. The number of benzene rings is 3. The molecule has 2 amide bonds. The first kappa shape index (κ1) is 26.4. The van der Waals surface area contributed by atoms with Crippen LogP contribution in [0.25, 0.3) is 6.08 Å². The molecular weight excluding hydrogens is 484 g/mol. The van der Waals surface area contributed by atoms with Crippen LogP contribution >= 0.6 is 11.8 Å². The van der Waals surface area contributed by atoms with E-state index in [-0.39, 0.29) is 24.4 Å². The summed E-state index contributed by atoms with van der Waals surface area (Å²) < 4.78 is 11.0. The first-order chi connectivity index (χ1) is 18.0. The molecule has 1 atom stereocenters. The minimum absolute atomic E-state index is 0.0705. The van der Waals surface area contributed by atoms with Crippen molar-refractivity contribution < 1.29 is 19.1 Å². The van der Waals surface area contributed by atoms with Gasteiger partial charge in [0, 0.05) is 4.90 Å². The second-order valence-corrected chi connectivity index (χ2v) is 9.89. The van der Waals surface area contributed by atoms with Crippen LogP contribution in [0.3, 0.4) is 0 Å². The number of anilines is 1. The summed E-state index contributed by atoms with van der Waals surface area (Å²) in [5, 5.41) is 3.03. The van der Waals surface area contributed by atoms with Gasteiger partial charge in [-0.15, -0.1) is 0 Å². The van der Waals surface area contributed by atoms with Crippen LogP contribution in [0, 0.1) is 0 Å². The predicted octanol–water partition coefficient (Wildman–Crippen LogP) is 6.23. The molecule has 37 heavy (non-hydrogen) atoms. The topological polar surface area (TPSA) is 67.9 Å². The average molecular weight is 517 g/mol. The number of rotatable bonds is 10. The maximum atomic E-state index is 13.5. The first-order valence-corrected chi connectivity index (χ1v) is 13.3. The Morgan fingerprint density at radius 3 is 2.43 bits per heavy atom. The number of carbonyl (C=O) groups is 2. The Morgan fingerprint density at radius 1 is 1.03 bits per heavy atom. The molecule has 0 bridgehead atoms. The molecular formula is C30H32N2O4S. The van der Waals surface area contributed by atoms with Gasteiger partial charge in [0.05, 0.1) is 30.4 Å². The highest BCUT2D eigenvalue weighted by molar-refractivity contribution is 8.04. The number of hydrogen-bond donors (Lipinski definition) is 1. The van der Waals surface area contributed by atoms with Crippen molar-refractivity contribution in [2.24, 2.45) is 0 Å². The van der Waals surface area contributed by atoms with Crippen LogP contribution in [-0.4, -0.2) is 32.1 Å². The highest BCUT2D eigenvalue weighted by atomic mass is 32.2.